The van der Waals surface area contributed by atoms with E-state index >= 15 is 0 Å². The Bertz CT molecular complexity index is 250. The highest BCUT2D eigenvalue weighted by molar-refractivity contribution is 5.60. The van der Waals surface area contributed by atoms with E-state index in [-0.39, 0.29) is 6.10 Å². The van der Waals surface area contributed by atoms with E-state index in [0.717, 1.165) is 31.3 Å². The Morgan fingerprint density at radius 3 is 2.67 bits per heavy atom. The molecule has 0 unspecified atom stereocenters. The van der Waals surface area contributed by atoms with Gasteiger partial charge in [0.1, 0.15) is 11.7 Å². The minimum Gasteiger partial charge on any atom is -0.431 e. The molecule has 3 nitrogen and oxygen atoms in total. The molecule has 0 aliphatic heterocycles. The Morgan fingerprint density at radius 2 is 2.13 bits per heavy atom. The molecule has 3 heteroatoms. The van der Waals surface area contributed by atoms with E-state index < -0.39 is 11.8 Å². The van der Waals surface area contributed by atoms with Crippen LogP contribution in [0.5, 0.6) is 0 Å². The van der Waals surface area contributed by atoms with Gasteiger partial charge in [0.05, 0.1) is 0 Å². The molecule has 0 aromatic rings. The van der Waals surface area contributed by atoms with Gasteiger partial charge in [-0.05, 0) is 40.0 Å². The van der Waals surface area contributed by atoms with Crippen LogP contribution in [0.3, 0.4) is 0 Å². The van der Waals surface area contributed by atoms with E-state index in [1.165, 1.54) is 0 Å². The third kappa shape index (κ3) is 4.86. The summed E-state index contributed by atoms with van der Waals surface area (Å²) in [5, 5.41) is 0. The Balaban J connectivity index is 2.34. The summed E-state index contributed by atoms with van der Waals surface area (Å²) in [6, 6.07) is 0. The summed E-state index contributed by atoms with van der Waals surface area (Å²) >= 11 is 0. The van der Waals surface area contributed by atoms with Crippen molar-refractivity contribution < 1.29 is 14.3 Å². The van der Waals surface area contributed by atoms with Crippen LogP contribution < -0.4 is 0 Å². The summed E-state index contributed by atoms with van der Waals surface area (Å²) in [4.78, 5) is 11.4. The number of hydrogen-bond acceptors (Lipinski definition) is 3. The van der Waals surface area contributed by atoms with Crippen molar-refractivity contribution >= 4 is 6.16 Å². The van der Waals surface area contributed by atoms with Crippen molar-refractivity contribution in [3.05, 3.63) is 12.2 Å². The van der Waals surface area contributed by atoms with E-state index in [1.807, 2.05) is 20.8 Å². The minimum atomic E-state index is -0.567. The smallest absolute Gasteiger partial charge is 0.431 e. The van der Waals surface area contributed by atoms with Gasteiger partial charge in [-0.1, -0.05) is 12.2 Å². The highest BCUT2D eigenvalue weighted by atomic mass is 16.7. The van der Waals surface area contributed by atoms with Gasteiger partial charge in [-0.25, -0.2) is 4.79 Å². The first-order valence-corrected chi connectivity index (χ1v) is 5.43. The van der Waals surface area contributed by atoms with Crippen molar-refractivity contribution in [3.63, 3.8) is 0 Å². The van der Waals surface area contributed by atoms with Gasteiger partial charge in [0.25, 0.3) is 0 Å². The average Bonchev–Trinajstić information content (AvgIpc) is 1.99. The summed E-state index contributed by atoms with van der Waals surface area (Å²) in [5.41, 5.74) is 0.678. The van der Waals surface area contributed by atoms with Crippen LogP contribution in [0.25, 0.3) is 0 Å². The fraction of sp³-hybridized carbons (Fsp3) is 0.750. The standard InChI is InChI=1S/C12H20O3/c1-9-6-5-7-10(8-9)14-11(13)15-12(2,3)4/h10H,1,5-8H2,2-4H3/t10-/m0/s1. The third-order valence-electron chi connectivity index (χ3n) is 2.23. The number of hydrogen-bond donors (Lipinski definition) is 0. The molecule has 86 valence electrons. The lowest BCUT2D eigenvalue weighted by atomic mass is 9.94. The first-order valence-electron chi connectivity index (χ1n) is 5.43. The maximum atomic E-state index is 11.4. The summed E-state index contributed by atoms with van der Waals surface area (Å²) in [6.07, 6.45) is 3.18. The van der Waals surface area contributed by atoms with Crippen LogP contribution in [0, 0.1) is 0 Å². The van der Waals surface area contributed by atoms with E-state index in [2.05, 4.69) is 6.58 Å². The van der Waals surface area contributed by atoms with Crippen LogP contribution >= 0.6 is 0 Å². The van der Waals surface area contributed by atoms with Crippen LogP contribution in [0.15, 0.2) is 12.2 Å². The predicted octanol–water partition coefficient (Wildman–Crippen LogP) is 3.44. The van der Waals surface area contributed by atoms with Crippen molar-refractivity contribution in [2.45, 2.75) is 58.2 Å². The Morgan fingerprint density at radius 1 is 1.47 bits per heavy atom. The Hall–Kier alpha value is -0.990. The van der Waals surface area contributed by atoms with Gasteiger partial charge in [0, 0.05) is 6.42 Å². The largest absolute Gasteiger partial charge is 0.509 e. The Labute approximate surface area is 91.4 Å². The van der Waals surface area contributed by atoms with Crippen LogP contribution in [0.1, 0.15) is 46.5 Å². The molecule has 1 rings (SSSR count). The van der Waals surface area contributed by atoms with Crippen LogP contribution in [0.4, 0.5) is 4.79 Å². The van der Waals surface area contributed by atoms with Gasteiger partial charge in [0.2, 0.25) is 0 Å². The van der Waals surface area contributed by atoms with Crippen molar-refractivity contribution in [1.82, 2.24) is 0 Å². The number of rotatable bonds is 1. The summed E-state index contributed by atoms with van der Waals surface area (Å²) in [6.45, 7) is 9.40. The zero-order valence-electron chi connectivity index (χ0n) is 9.84. The SMILES string of the molecule is C=C1CCC[C@H](OC(=O)OC(C)(C)C)C1. The molecule has 1 atom stereocenters. The number of ether oxygens (including phenoxy) is 2. The normalized spacial score (nSPS) is 22.3. The summed E-state index contributed by atoms with van der Waals surface area (Å²) in [5.74, 6) is 0. The molecule has 1 fully saturated rings. The van der Waals surface area contributed by atoms with Gasteiger partial charge in [-0.3, -0.25) is 0 Å². The van der Waals surface area contributed by atoms with E-state index in [9.17, 15) is 4.79 Å². The molecular weight excluding hydrogens is 192 g/mol. The maximum absolute atomic E-state index is 11.4. The lowest BCUT2D eigenvalue weighted by molar-refractivity contribution is -0.0302. The van der Waals surface area contributed by atoms with Crippen molar-refractivity contribution in [2.75, 3.05) is 0 Å². The minimum absolute atomic E-state index is 0.0406. The molecule has 0 radical (unpaired) electrons. The molecule has 15 heavy (non-hydrogen) atoms. The first-order chi connectivity index (χ1) is 6.87. The fourth-order valence-corrected chi connectivity index (χ4v) is 1.62. The van der Waals surface area contributed by atoms with Crippen LogP contribution in [0.2, 0.25) is 0 Å². The van der Waals surface area contributed by atoms with Gasteiger partial charge in [-0.2, -0.15) is 0 Å². The highest BCUT2D eigenvalue weighted by Gasteiger charge is 2.23. The molecule has 0 aromatic carbocycles. The topological polar surface area (TPSA) is 35.5 Å². The second-order valence-electron chi connectivity index (χ2n) is 5.05. The maximum Gasteiger partial charge on any atom is 0.509 e. The van der Waals surface area contributed by atoms with Crippen LogP contribution in [-0.2, 0) is 9.47 Å². The van der Waals surface area contributed by atoms with Crippen molar-refractivity contribution in [1.29, 1.82) is 0 Å². The molecular formula is C12H20O3. The zero-order chi connectivity index (χ0) is 11.5. The Kier molecular flexibility index (Phi) is 3.77. The lowest BCUT2D eigenvalue weighted by Crippen LogP contribution is -2.28. The molecule has 0 aromatic heterocycles. The van der Waals surface area contributed by atoms with Gasteiger partial charge >= 0.3 is 6.16 Å². The van der Waals surface area contributed by atoms with E-state index in [0.29, 0.717) is 0 Å². The zero-order valence-corrected chi connectivity index (χ0v) is 9.84. The van der Waals surface area contributed by atoms with E-state index in [1.54, 1.807) is 0 Å². The fourth-order valence-electron chi connectivity index (χ4n) is 1.62. The molecule has 0 bridgehead atoms. The molecule has 1 saturated carbocycles. The first kappa shape index (κ1) is 12.1. The molecule has 1 aliphatic rings. The quantitative estimate of drug-likeness (QED) is 0.493. The van der Waals surface area contributed by atoms with Gasteiger partial charge in [0.15, 0.2) is 0 Å². The highest BCUT2D eigenvalue weighted by Crippen LogP contribution is 2.25. The van der Waals surface area contributed by atoms with Gasteiger partial charge in [-0.15, -0.1) is 0 Å². The molecule has 0 heterocycles. The molecule has 0 spiro atoms. The van der Waals surface area contributed by atoms with E-state index in [4.69, 9.17) is 9.47 Å². The average molecular weight is 212 g/mol. The van der Waals surface area contributed by atoms with Crippen molar-refractivity contribution in [3.8, 4) is 0 Å². The molecule has 0 saturated heterocycles. The monoisotopic (exact) mass is 212 g/mol. The molecule has 1 aliphatic carbocycles. The van der Waals surface area contributed by atoms with Crippen molar-refractivity contribution in [2.24, 2.45) is 0 Å². The molecule has 0 amide bonds. The third-order valence-corrected chi connectivity index (χ3v) is 2.23. The van der Waals surface area contributed by atoms with Crippen LogP contribution in [-0.4, -0.2) is 17.9 Å². The second kappa shape index (κ2) is 4.69. The number of carbonyl (C=O) groups excluding carboxylic acids is 1. The molecule has 0 N–H and O–H groups in total. The summed E-state index contributed by atoms with van der Waals surface area (Å²) in [7, 11) is 0. The predicted molar refractivity (Wildman–Crippen MR) is 58.7 cm³/mol. The summed E-state index contributed by atoms with van der Waals surface area (Å²) < 4.78 is 10.3. The number of carbonyl (C=O) groups is 1. The van der Waals surface area contributed by atoms with Gasteiger partial charge < -0.3 is 9.47 Å². The second-order valence-corrected chi connectivity index (χ2v) is 5.05. The lowest BCUT2D eigenvalue weighted by Gasteiger charge is -2.25.